The average molecular weight is 289 g/mol. The van der Waals surface area contributed by atoms with Crippen LogP contribution in [0.3, 0.4) is 0 Å². The lowest BCUT2D eigenvalue weighted by atomic mass is 10.1. The minimum Gasteiger partial charge on any atom is -0.299 e. The maximum atomic E-state index is 12.3. The van der Waals surface area contributed by atoms with Gasteiger partial charge in [-0.15, -0.1) is 11.8 Å². The molecular formula is C13H14F3NOS. The molecule has 19 heavy (non-hydrogen) atoms. The van der Waals surface area contributed by atoms with Gasteiger partial charge in [-0.05, 0) is 31.4 Å². The van der Waals surface area contributed by atoms with Crippen LogP contribution in [0.15, 0.2) is 23.4 Å². The number of aromatic nitrogens is 1. The standard InChI is InChI=1S/C13H14F3NOS/c14-13(15,16)10-4-5-12(17-8-10)19-7-6-9-2-1-3-11(9)18/h4-5,8-9H,1-3,6-7H2. The first kappa shape index (κ1) is 14.4. The van der Waals surface area contributed by atoms with E-state index in [2.05, 4.69) is 4.98 Å². The summed E-state index contributed by atoms with van der Waals surface area (Å²) in [6, 6.07) is 2.42. The van der Waals surface area contributed by atoms with Crippen molar-refractivity contribution in [2.24, 2.45) is 5.92 Å². The molecule has 1 aliphatic carbocycles. The van der Waals surface area contributed by atoms with Crippen molar-refractivity contribution in [1.29, 1.82) is 0 Å². The van der Waals surface area contributed by atoms with E-state index in [1.807, 2.05) is 0 Å². The van der Waals surface area contributed by atoms with Crippen molar-refractivity contribution >= 4 is 17.5 Å². The van der Waals surface area contributed by atoms with E-state index in [1.54, 1.807) is 0 Å². The summed E-state index contributed by atoms with van der Waals surface area (Å²) < 4.78 is 37.0. The van der Waals surface area contributed by atoms with Crippen LogP contribution in [-0.4, -0.2) is 16.5 Å². The zero-order valence-corrected chi connectivity index (χ0v) is 11.1. The van der Waals surface area contributed by atoms with E-state index < -0.39 is 11.7 Å². The van der Waals surface area contributed by atoms with Gasteiger partial charge >= 0.3 is 6.18 Å². The van der Waals surface area contributed by atoms with Crippen LogP contribution in [0.2, 0.25) is 0 Å². The van der Waals surface area contributed by atoms with Gasteiger partial charge in [-0.25, -0.2) is 4.98 Å². The molecule has 0 bridgehead atoms. The molecule has 0 aromatic carbocycles. The first-order valence-electron chi connectivity index (χ1n) is 6.15. The second kappa shape index (κ2) is 5.94. The molecule has 0 saturated heterocycles. The van der Waals surface area contributed by atoms with Gasteiger partial charge in [0.25, 0.3) is 0 Å². The Morgan fingerprint density at radius 2 is 2.16 bits per heavy atom. The molecule has 0 amide bonds. The van der Waals surface area contributed by atoms with Crippen LogP contribution >= 0.6 is 11.8 Å². The summed E-state index contributed by atoms with van der Waals surface area (Å²) in [5.74, 6) is 1.18. The third-order valence-corrected chi connectivity index (χ3v) is 4.19. The molecule has 1 atom stereocenters. The predicted octanol–water partition coefficient (Wildman–Crippen LogP) is 3.95. The van der Waals surface area contributed by atoms with Gasteiger partial charge in [-0.2, -0.15) is 13.2 Å². The van der Waals surface area contributed by atoms with Gasteiger partial charge in [0.05, 0.1) is 10.6 Å². The fraction of sp³-hybridized carbons (Fsp3) is 0.538. The van der Waals surface area contributed by atoms with Crippen LogP contribution < -0.4 is 0 Å². The zero-order chi connectivity index (χ0) is 13.9. The second-order valence-corrected chi connectivity index (χ2v) is 5.69. The first-order valence-corrected chi connectivity index (χ1v) is 7.14. The van der Waals surface area contributed by atoms with Crippen LogP contribution in [0.4, 0.5) is 13.2 Å². The summed E-state index contributed by atoms with van der Waals surface area (Å²) in [7, 11) is 0. The molecule has 1 heterocycles. The Morgan fingerprint density at radius 3 is 2.68 bits per heavy atom. The zero-order valence-electron chi connectivity index (χ0n) is 10.2. The van der Waals surface area contributed by atoms with Crippen molar-refractivity contribution in [3.63, 3.8) is 0 Å². The predicted molar refractivity (Wildman–Crippen MR) is 66.9 cm³/mol. The lowest BCUT2D eigenvalue weighted by molar-refractivity contribution is -0.137. The largest absolute Gasteiger partial charge is 0.417 e. The van der Waals surface area contributed by atoms with Gasteiger partial charge in [-0.1, -0.05) is 0 Å². The average Bonchev–Trinajstić information content (AvgIpc) is 2.75. The number of ketones is 1. The molecule has 1 saturated carbocycles. The lowest BCUT2D eigenvalue weighted by Gasteiger charge is -2.08. The van der Waals surface area contributed by atoms with Crippen molar-refractivity contribution in [2.45, 2.75) is 36.9 Å². The molecule has 2 nitrogen and oxygen atoms in total. The molecule has 1 aromatic rings. The Hall–Kier alpha value is -1.04. The Bertz CT molecular complexity index is 444. The minimum absolute atomic E-state index is 0.141. The minimum atomic E-state index is -4.34. The molecule has 1 aliphatic rings. The van der Waals surface area contributed by atoms with Gasteiger partial charge in [0.2, 0.25) is 0 Å². The van der Waals surface area contributed by atoms with E-state index >= 15 is 0 Å². The van der Waals surface area contributed by atoms with E-state index in [4.69, 9.17) is 0 Å². The molecule has 104 valence electrons. The molecule has 0 aliphatic heterocycles. The molecule has 0 spiro atoms. The highest BCUT2D eigenvalue weighted by Crippen LogP contribution is 2.30. The number of thioether (sulfide) groups is 1. The third-order valence-electron chi connectivity index (χ3n) is 3.21. The van der Waals surface area contributed by atoms with E-state index in [1.165, 1.54) is 17.8 Å². The van der Waals surface area contributed by atoms with Gasteiger partial charge in [0.15, 0.2) is 0 Å². The number of alkyl halides is 3. The topological polar surface area (TPSA) is 30.0 Å². The fourth-order valence-corrected chi connectivity index (χ4v) is 3.04. The highest BCUT2D eigenvalue weighted by Gasteiger charge is 2.30. The molecule has 1 unspecified atom stereocenters. The Morgan fingerprint density at radius 1 is 1.37 bits per heavy atom. The van der Waals surface area contributed by atoms with Gasteiger partial charge in [0, 0.05) is 24.3 Å². The number of pyridine rings is 1. The first-order chi connectivity index (χ1) is 8.97. The summed E-state index contributed by atoms with van der Waals surface area (Å²) in [5.41, 5.74) is -0.733. The molecule has 0 radical (unpaired) electrons. The number of carbonyl (C=O) groups excluding carboxylic acids is 1. The van der Waals surface area contributed by atoms with Crippen LogP contribution in [0.25, 0.3) is 0 Å². The number of carbonyl (C=O) groups is 1. The molecule has 0 N–H and O–H groups in total. The third kappa shape index (κ3) is 3.96. The summed E-state index contributed by atoms with van der Waals surface area (Å²) in [6.45, 7) is 0. The van der Waals surface area contributed by atoms with Crippen LogP contribution in [-0.2, 0) is 11.0 Å². The van der Waals surface area contributed by atoms with E-state index in [-0.39, 0.29) is 5.92 Å². The monoisotopic (exact) mass is 289 g/mol. The molecule has 1 fully saturated rings. The fourth-order valence-electron chi connectivity index (χ4n) is 2.13. The van der Waals surface area contributed by atoms with Gasteiger partial charge in [-0.3, -0.25) is 4.79 Å². The van der Waals surface area contributed by atoms with Gasteiger partial charge < -0.3 is 0 Å². The Kier molecular flexibility index (Phi) is 4.50. The number of rotatable bonds is 4. The number of Topliss-reactive ketones (excluding diaryl/α,β-unsaturated/α-hetero) is 1. The van der Waals surface area contributed by atoms with Crippen molar-refractivity contribution < 1.29 is 18.0 Å². The summed E-state index contributed by atoms with van der Waals surface area (Å²) in [6.07, 6.45) is -0.123. The number of halogens is 3. The smallest absolute Gasteiger partial charge is 0.299 e. The number of hydrogen-bond donors (Lipinski definition) is 0. The summed E-state index contributed by atoms with van der Waals surface area (Å²) >= 11 is 1.40. The van der Waals surface area contributed by atoms with E-state index in [0.717, 1.165) is 37.3 Å². The van der Waals surface area contributed by atoms with Gasteiger partial charge in [0.1, 0.15) is 5.78 Å². The maximum absolute atomic E-state index is 12.3. The van der Waals surface area contributed by atoms with Crippen molar-refractivity contribution in [3.8, 4) is 0 Å². The Labute approximate surface area is 113 Å². The molecule has 1 aromatic heterocycles. The second-order valence-electron chi connectivity index (χ2n) is 4.58. The van der Waals surface area contributed by atoms with Crippen molar-refractivity contribution in [1.82, 2.24) is 4.98 Å². The number of nitrogens with zero attached hydrogens (tertiary/aromatic N) is 1. The van der Waals surface area contributed by atoms with E-state index in [0.29, 0.717) is 17.2 Å². The number of hydrogen-bond acceptors (Lipinski definition) is 3. The highest BCUT2D eigenvalue weighted by atomic mass is 32.2. The summed E-state index contributed by atoms with van der Waals surface area (Å²) in [5, 5.41) is 0.568. The van der Waals surface area contributed by atoms with Crippen LogP contribution in [0.5, 0.6) is 0 Å². The quantitative estimate of drug-likeness (QED) is 0.786. The lowest BCUT2D eigenvalue weighted by Crippen LogP contribution is -2.07. The van der Waals surface area contributed by atoms with Crippen LogP contribution in [0, 0.1) is 5.92 Å². The molecular weight excluding hydrogens is 275 g/mol. The van der Waals surface area contributed by atoms with Crippen molar-refractivity contribution in [3.05, 3.63) is 23.9 Å². The highest BCUT2D eigenvalue weighted by molar-refractivity contribution is 7.99. The normalized spacial score (nSPS) is 19.9. The Balaban J connectivity index is 1.82. The SMILES string of the molecule is O=C1CCCC1CCSc1ccc(C(F)(F)F)cn1. The summed E-state index contributed by atoms with van der Waals surface area (Å²) in [4.78, 5) is 15.2. The molecule has 2 rings (SSSR count). The maximum Gasteiger partial charge on any atom is 0.417 e. The van der Waals surface area contributed by atoms with E-state index in [9.17, 15) is 18.0 Å². The molecule has 6 heteroatoms. The van der Waals surface area contributed by atoms with Crippen LogP contribution in [0.1, 0.15) is 31.2 Å². The van der Waals surface area contributed by atoms with Crippen molar-refractivity contribution in [2.75, 3.05) is 5.75 Å².